The Morgan fingerprint density at radius 2 is 2.05 bits per heavy atom. The van der Waals surface area contributed by atoms with Crippen molar-refractivity contribution in [1.29, 1.82) is 0 Å². The third kappa shape index (κ3) is 2.49. The number of non-ortho nitro benzene ring substituents is 1. The van der Waals surface area contributed by atoms with Gasteiger partial charge in [0, 0.05) is 23.9 Å². The molecule has 19 heavy (non-hydrogen) atoms. The van der Waals surface area contributed by atoms with Gasteiger partial charge in [-0.15, -0.1) is 0 Å². The molecule has 0 aliphatic carbocycles. The van der Waals surface area contributed by atoms with E-state index in [1.807, 2.05) is 0 Å². The van der Waals surface area contributed by atoms with Gasteiger partial charge < -0.3 is 10.1 Å². The molecule has 0 bridgehead atoms. The first-order chi connectivity index (χ1) is 8.99. The standard InChI is InChI=1S/C12H8N2O5/c15-11-10(5-8(6-13-11)12(16)17)7-2-1-3-9(4-7)14(18)19/h1-6H,(H,13,15)(H,16,17). The van der Waals surface area contributed by atoms with Crippen molar-refractivity contribution in [3.05, 3.63) is 62.6 Å². The topological polar surface area (TPSA) is 113 Å². The first kappa shape index (κ1) is 12.5. The van der Waals surface area contributed by atoms with E-state index in [0.29, 0.717) is 5.56 Å². The van der Waals surface area contributed by atoms with E-state index >= 15 is 0 Å². The van der Waals surface area contributed by atoms with Gasteiger partial charge in [-0.1, -0.05) is 12.1 Å². The second-order valence-electron chi connectivity index (χ2n) is 3.74. The minimum atomic E-state index is -1.19. The Bertz CT molecular complexity index is 720. The summed E-state index contributed by atoms with van der Waals surface area (Å²) in [5.41, 5.74) is -0.411. The number of nitrogens with zero attached hydrogens (tertiary/aromatic N) is 1. The maximum absolute atomic E-state index is 11.7. The van der Waals surface area contributed by atoms with Gasteiger partial charge in [0.05, 0.1) is 10.5 Å². The highest BCUT2D eigenvalue weighted by Crippen LogP contribution is 2.21. The first-order valence-corrected chi connectivity index (χ1v) is 5.20. The van der Waals surface area contributed by atoms with E-state index < -0.39 is 16.5 Å². The highest BCUT2D eigenvalue weighted by Gasteiger charge is 2.12. The Morgan fingerprint density at radius 3 is 2.68 bits per heavy atom. The number of aromatic carboxylic acids is 1. The number of carboxylic acid groups (broad SMARTS) is 1. The lowest BCUT2D eigenvalue weighted by Gasteiger charge is -2.02. The summed E-state index contributed by atoms with van der Waals surface area (Å²) in [5, 5.41) is 19.5. The summed E-state index contributed by atoms with van der Waals surface area (Å²) in [4.78, 5) is 34.9. The molecule has 0 radical (unpaired) electrons. The number of aromatic amines is 1. The number of carboxylic acids is 1. The number of H-pyrrole nitrogens is 1. The largest absolute Gasteiger partial charge is 0.478 e. The third-order valence-corrected chi connectivity index (χ3v) is 2.52. The quantitative estimate of drug-likeness (QED) is 0.643. The Morgan fingerprint density at radius 1 is 1.32 bits per heavy atom. The van der Waals surface area contributed by atoms with Crippen LogP contribution in [0.3, 0.4) is 0 Å². The second-order valence-corrected chi connectivity index (χ2v) is 3.74. The predicted octanol–water partition coefficient (Wildman–Crippen LogP) is 1.65. The third-order valence-electron chi connectivity index (χ3n) is 2.52. The van der Waals surface area contributed by atoms with E-state index in [2.05, 4.69) is 4.98 Å². The highest BCUT2D eigenvalue weighted by molar-refractivity contribution is 5.88. The number of hydrogen-bond donors (Lipinski definition) is 2. The van der Waals surface area contributed by atoms with Crippen LogP contribution in [0.15, 0.2) is 41.3 Å². The zero-order valence-electron chi connectivity index (χ0n) is 9.49. The van der Waals surface area contributed by atoms with Gasteiger partial charge in [0.1, 0.15) is 0 Å². The zero-order valence-corrected chi connectivity index (χ0v) is 9.49. The zero-order chi connectivity index (χ0) is 14.0. The lowest BCUT2D eigenvalue weighted by molar-refractivity contribution is -0.384. The second kappa shape index (κ2) is 4.73. The molecule has 0 aliphatic heterocycles. The van der Waals surface area contributed by atoms with E-state index in [-0.39, 0.29) is 16.8 Å². The number of nitrogens with one attached hydrogen (secondary N) is 1. The fourth-order valence-corrected chi connectivity index (χ4v) is 1.61. The van der Waals surface area contributed by atoms with Crippen LogP contribution in [0.25, 0.3) is 11.1 Å². The van der Waals surface area contributed by atoms with Crippen molar-refractivity contribution in [2.24, 2.45) is 0 Å². The molecule has 1 aromatic heterocycles. The summed E-state index contributed by atoms with van der Waals surface area (Å²) in [5.74, 6) is -1.19. The molecule has 96 valence electrons. The number of carbonyl (C=O) groups is 1. The molecule has 2 rings (SSSR count). The molecule has 0 spiro atoms. The number of benzene rings is 1. The van der Waals surface area contributed by atoms with Gasteiger partial charge in [-0.3, -0.25) is 14.9 Å². The van der Waals surface area contributed by atoms with Crippen molar-refractivity contribution >= 4 is 11.7 Å². The van der Waals surface area contributed by atoms with Crippen molar-refractivity contribution in [1.82, 2.24) is 4.98 Å². The fourth-order valence-electron chi connectivity index (χ4n) is 1.61. The number of nitro groups is 1. The summed E-state index contributed by atoms with van der Waals surface area (Å²) >= 11 is 0. The molecule has 0 saturated heterocycles. The van der Waals surface area contributed by atoms with E-state index in [4.69, 9.17) is 5.11 Å². The fraction of sp³-hybridized carbons (Fsp3) is 0. The van der Waals surface area contributed by atoms with E-state index in [1.54, 1.807) is 0 Å². The Labute approximate surface area is 106 Å². The molecule has 0 atom stereocenters. The summed E-state index contributed by atoms with van der Waals surface area (Å²) < 4.78 is 0. The summed E-state index contributed by atoms with van der Waals surface area (Å²) in [6.07, 6.45) is 1.07. The van der Waals surface area contributed by atoms with Crippen molar-refractivity contribution < 1.29 is 14.8 Å². The molecule has 0 saturated carbocycles. The first-order valence-electron chi connectivity index (χ1n) is 5.20. The molecule has 2 aromatic rings. The van der Waals surface area contributed by atoms with Gasteiger partial charge in [-0.25, -0.2) is 4.79 Å². The van der Waals surface area contributed by atoms with Gasteiger partial charge in [0.25, 0.3) is 11.2 Å². The van der Waals surface area contributed by atoms with Crippen LogP contribution in [0.4, 0.5) is 5.69 Å². The highest BCUT2D eigenvalue weighted by atomic mass is 16.6. The minimum Gasteiger partial charge on any atom is -0.478 e. The smallest absolute Gasteiger partial charge is 0.337 e. The molecule has 2 N–H and O–H groups in total. The maximum atomic E-state index is 11.7. The van der Waals surface area contributed by atoms with Crippen LogP contribution in [0.5, 0.6) is 0 Å². The average Bonchev–Trinajstić information content (AvgIpc) is 2.39. The molecule has 0 unspecified atom stereocenters. The molecule has 7 nitrogen and oxygen atoms in total. The van der Waals surface area contributed by atoms with Gasteiger partial charge in [-0.05, 0) is 11.6 Å². The van der Waals surface area contributed by atoms with Crippen LogP contribution in [0, 0.1) is 10.1 Å². The van der Waals surface area contributed by atoms with Crippen LogP contribution in [-0.2, 0) is 0 Å². The van der Waals surface area contributed by atoms with Gasteiger partial charge >= 0.3 is 5.97 Å². The van der Waals surface area contributed by atoms with Crippen LogP contribution in [-0.4, -0.2) is 21.0 Å². The molecular weight excluding hydrogens is 252 g/mol. The number of nitro benzene ring substituents is 1. The lowest BCUT2D eigenvalue weighted by atomic mass is 10.1. The molecule has 0 aliphatic rings. The molecule has 0 amide bonds. The molecule has 1 aromatic carbocycles. The van der Waals surface area contributed by atoms with Crippen LogP contribution in [0.1, 0.15) is 10.4 Å². The number of pyridine rings is 1. The summed E-state index contributed by atoms with van der Waals surface area (Å²) in [7, 11) is 0. The summed E-state index contributed by atoms with van der Waals surface area (Å²) in [6.45, 7) is 0. The Kier molecular flexibility index (Phi) is 3.11. The monoisotopic (exact) mass is 260 g/mol. The Balaban J connectivity index is 2.61. The normalized spacial score (nSPS) is 10.1. The van der Waals surface area contributed by atoms with E-state index in [9.17, 15) is 19.7 Å². The molecule has 1 heterocycles. The van der Waals surface area contributed by atoms with E-state index in [0.717, 1.165) is 6.20 Å². The van der Waals surface area contributed by atoms with Crippen molar-refractivity contribution in [3.63, 3.8) is 0 Å². The lowest BCUT2D eigenvalue weighted by Crippen LogP contribution is -2.11. The predicted molar refractivity (Wildman–Crippen MR) is 66.1 cm³/mol. The Hall–Kier alpha value is -2.96. The maximum Gasteiger partial charge on any atom is 0.337 e. The van der Waals surface area contributed by atoms with Crippen molar-refractivity contribution in [2.75, 3.05) is 0 Å². The van der Waals surface area contributed by atoms with Crippen molar-refractivity contribution in [3.8, 4) is 11.1 Å². The number of hydrogen-bond acceptors (Lipinski definition) is 4. The SMILES string of the molecule is O=C(O)c1c[nH]c(=O)c(-c2cccc([N+](=O)[O-])c2)c1. The number of aromatic nitrogens is 1. The van der Waals surface area contributed by atoms with Crippen LogP contribution >= 0.6 is 0 Å². The van der Waals surface area contributed by atoms with Gasteiger partial charge in [0.15, 0.2) is 0 Å². The van der Waals surface area contributed by atoms with Gasteiger partial charge in [-0.2, -0.15) is 0 Å². The van der Waals surface area contributed by atoms with Crippen molar-refractivity contribution in [2.45, 2.75) is 0 Å². The van der Waals surface area contributed by atoms with Gasteiger partial charge in [0.2, 0.25) is 0 Å². The van der Waals surface area contributed by atoms with E-state index in [1.165, 1.54) is 30.3 Å². The summed E-state index contributed by atoms with van der Waals surface area (Å²) in [6, 6.07) is 6.62. The van der Waals surface area contributed by atoms with Crippen LogP contribution in [0.2, 0.25) is 0 Å². The molecule has 0 fully saturated rings. The number of rotatable bonds is 3. The minimum absolute atomic E-state index is 0.0728. The molecular formula is C12H8N2O5. The molecule has 7 heteroatoms. The van der Waals surface area contributed by atoms with Crippen LogP contribution < -0.4 is 5.56 Å². The average molecular weight is 260 g/mol.